The first-order valence-corrected chi connectivity index (χ1v) is 6.52. The van der Waals surface area contributed by atoms with Crippen LogP contribution in [0.25, 0.3) is 5.69 Å². The molecule has 1 heterocycles. The molecule has 0 saturated carbocycles. The second-order valence-electron chi connectivity index (χ2n) is 4.37. The van der Waals surface area contributed by atoms with Gasteiger partial charge in [-0.05, 0) is 60.0 Å². The lowest BCUT2D eigenvalue weighted by atomic mass is 10.1. The molecule has 0 radical (unpaired) electrons. The van der Waals surface area contributed by atoms with Crippen molar-refractivity contribution in [1.82, 2.24) is 9.78 Å². The lowest BCUT2D eigenvalue weighted by molar-refractivity contribution is 0.843. The van der Waals surface area contributed by atoms with Gasteiger partial charge in [-0.1, -0.05) is 6.07 Å². The van der Waals surface area contributed by atoms with Crippen LogP contribution >= 0.6 is 15.9 Å². The minimum Gasteiger partial charge on any atom is -0.226 e. The van der Waals surface area contributed by atoms with E-state index in [0.717, 1.165) is 21.5 Å². The van der Waals surface area contributed by atoms with Crippen LogP contribution in [0, 0.1) is 32.1 Å². The van der Waals surface area contributed by atoms with Gasteiger partial charge in [-0.3, -0.25) is 0 Å². The van der Waals surface area contributed by atoms with Gasteiger partial charge < -0.3 is 0 Å². The van der Waals surface area contributed by atoms with Gasteiger partial charge in [0.25, 0.3) is 0 Å². The zero-order valence-electron chi connectivity index (χ0n) is 10.7. The Hall–Kier alpha value is -1.60. The van der Waals surface area contributed by atoms with E-state index < -0.39 is 0 Å². The fraction of sp³-hybridized carbons (Fsp3) is 0.286. The summed E-state index contributed by atoms with van der Waals surface area (Å²) in [6.07, 6.45) is 0.372. The molecule has 0 fully saturated rings. The lowest BCUT2D eigenvalue weighted by Crippen LogP contribution is -1.98. The van der Waals surface area contributed by atoms with Gasteiger partial charge in [0, 0.05) is 5.56 Å². The molecule has 92 valence electrons. The SMILES string of the molecule is Cc1ccc(-n2nc(C)c(CC#N)c2Br)cc1C. The van der Waals surface area contributed by atoms with Gasteiger partial charge in [-0.25, -0.2) is 4.68 Å². The summed E-state index contributed by atoms with van der Waals surface area (Å²) in [5, 5.41) is 13.3. The van der Waals surface area contributed by atoms with Crippen LogP contribution in [0.3, 0.4) is 0 Å². The predicted octanol–water partition coefficient (Wildman–Crippen LogP) is 3.63. The van der Waals surface area contributed by atoms with Crippen molar-refractivity contribution in [2.75, 3.05) is 0 Å². The highest BCUT2D eigenvalue weighted by atomic mass is 79.9. The summed E-state index contributed by atoms with van der Waals surface area (Å²) in [5.74, 6) is 0. The van der Waals surface area contributed by atoms with Gasteiger partial charge in [0.2, 0.25) is 0 Å². The van der Waals surface area contributed by atoms with Crippen molar-refractivity contribution in [3.8, 4) is 11.8 Å². The summed E-state index contributed by atoms with van der Waals surface area (Å²) in [5.41, 5.74) is 5.35. The van der Waals surface area contributed by atoms with Crippen LogP contribution in [0.2, 0.25) is 0 Å². The summed E-state index contributed by atoms with van der Waals surface area (Å²) in [7, 11) is 0. The molecule has 4 heteroatoms. The number of rotatable bonds is 2. The van der Waals surface area contributed by atoms with Gasteiger partial charge in [0.15, 0.2) is 0 Å². The van der Waals surface area contributed by atoms with Gasteiger partial charge in [0.05, 0.1) is 23.9 Å². The molecule has 0 atom stereocenters. The van der Waals surface area contributed by atoms with Crippen molar-refractivity contribution in [2.45, 2.75) is 27.2 Å². The van der Waals surface area contributed by atoms with Crippen molar-refractivity contribution >= 4 is 15.9 Å². The first kappa shape index (κ1) is 12.8. The second kappa shape index (κ2) is 4.95. The van der Waals surface area contributed by atoms with E-state index in [0.29, 0.717) is 6.42 Å². The Kier molecular flexibility index (Phi) is 3.53. The first-order chi connectivity index (χ1) is 8.54. The van der Waals surface area contributed by atoms with Crippen LogP contribution in [0.15, 0.2) is 22.8 Å². The van der Waals surface area contributed by atoms with Crippen LogP contribution in [-0.4, -0.2) is 9.78 Å². The monoisotopic (exact) mass is 303 g/mol. The Morgan fingerprint density at radius 2 is 2.00 bits per heavy atom. The van der Waals surface area contributed by atoms with Gasteiger partial charge in [-0.2, -0.15) is 10.4 Å². The molecule has 0 bridgehead atoms. The van der Waals surface area contributed by atoms with Crippen molar-refractivity contribution in [1.29, 1.82) is 5.26 Å². The van der Waals surface area contributed by atoms with Crippen molar-refractivity contribution in [2.24, 2.45) is 0 Å². The quantitative estimate of drug-likeness (QED) is 0.850. The molecule has 0 saturated heterocycles. The lowest BCUT2D eigenvalue weighted by Gasteiger charge is -2.06. The molecule has 1 aromatic carbocycles. The third-order valence-electron chi connectivity index (χ3n) is 3.11. The van der Waals surface area contributed by atoms with E-state index in [1.807, 2.05) is 17.7 Å². The van der Waals surface area contributed by atoms with Crippen molar-refractivity contribution in [3.05, 3.63) is 45.2 Å². The Labute approximate surface area is 115 Å². The van der Waals surface area contributed by atoms with Gasteiger partial charge in [0.1, 0.15) is 4.60 Å². The average molecular weight is 304 g/mol. The third kappa shape index (κ3) is 2.19. The Morgan fingerprint density at radius 1 is 1.28 bits per heavy atom. The molecule has 0 spiro atoms. The van der Waals surface area contributed by atoms with Crippen LogP contribution < -0.4 is 0 Å². The molecular formula is C14H14BrN3. The zero-order chi connectivity index (χ0) is 13.3. The Bertz CT molecular complexity index is 635. The van der Waals surface area contributed by atoms with Crippen LogP contribution in [0.1, 0.15) is 22.4 Å². The topological polar surface area (TPSA) is 41.6 Å². The molecule has 0 amide bonds. The Morgan fingerprint density at radius 3 is 2.61 bits per heavy atom. The molecule has 1 aromatic heterocycles. The van der Waals surface area contributed by atoms with Crippen LogP contribution in [0.4, 0.5) is 0 Å². The van der Waals surface area contributed by atoms with E-state index in [2.05, 4.69) is 53.1 Å². The maximum absolute atomic E-state index is 8.82. The molecule has 0 unspecified atom stereocenters. The van der Waals surface area contributed by atoms with Crippen molar-refractivity contribution in [3.63, 3.8) is 0 Å². The maximum atomic E-state index is 8.82. The molecule has 2 aromatic rings. The molecular weight excluding hydrogens is 290 g/mol. The van der Waals surface area contributed by atoms with Crippen LogP contribution in [-0.2, 0) is 6.42 Å². The summed E-state index contributed by atoms with van der Waals surface area (Å²) in [4.78, 5) is 0. The Balaban J connectivity index is 2.55. The largest absolute Gasteiger partial charge is 0.226 e. The van der Waals surface area contributed by atoms with Crippen LogP contribution in [0.5, 0.6) is 0 Å². The molecule has 0 aliphatic heterocycles. The minimum absolute atomic E-state index is 0.372. The molecule has 3 nitrogen and oxygen atoms in total. The first-order valence-electron chi connectivity index (χ1n) is 5.73. The molecule has 0 aliphatic rings. The summed E-state index contributed by atoms with van der Waals surface area (Å²) >= 11 is 3.53. The highest BCUT2D eigenvalue weighted by molar-refractivity contribution is 9.10. The van der Waals surface area contributed by atoms with Crippen molar-refractivity contribution < 1.29 is 0 Å². The second-order valence-corrected chi connectivity index (χ2v) is 5.12. The fourth-order valence-corrected chi connectivity index (χ4v) is 2.55. The molecule has 0 N–H and O–H groups in total. The summed E-state index contributed by atoms with van der Waals surface area (Å²) in [6, 6.07) is 8.39. The van der Waals surface area contributed by atoms with E-state index in [-0.39, 0.29) is 0 Å². The van der Waals surface area contributed by atoms with Gasteiger partial charge in [-0.15, -0.1) is 0 Å². The number of benzene rings is 1. The number of hydrogen-bond donors (Lipinski definition) is 0. The van der Waals surface area contributed by atoms with E-state index in [9.17, 15) is 0 Å². The highest BCUT2D eigenvalue weighted by Gasteiger charge is 2.13. The smallest absolute Gasteiger partial charge is 0.114 e. The predicted molar refractivity (Wildman–Crippen MR) is 74.8 cm³/mol. The average Bonchev–Trinajstić information content (AvgIpc) is 2.61. The number of hydrogen-bond acceptors (Lipinski definition) is 2. The van der Waals surface area contributed by atoms with E-state index in [1.54, 1.807) is 0 Å². The maximum Gasteiger partial charge on any atom is 0.114 e. The molecule has 0 aliphatic carbocycles. The molecule has 18 heavy (non-hydrogen) atoms. The van der Waals surface area contributed by atoms with E-state index in [4.69, 9.17) is 5.26 Å². The van der Waals surface area contributed by atoms with E-state index >= 15 is 0 Å². The van der Waals surface area contributed by atoms with Gasteiger partial charge >= 0.3 is 0 Å². The number of aromatic nitrogens is 2. The molecule has 2 rings (SSSR count). The standard InChI is InChI=1S/C14H14BrN3/c1-9-4-5-12(8-10(9)2)18-14(15)13(6-7-16)11(3)17-18/h4-5,8H,6H2,1-3H3. The number of nitrogens with zero attached hydrogens (tertiary/aromatic N) is 3. The minimum atomic E-state index is 0.372. The highest BCUT2D eigenvalue weighted by Crippen LogP contribution is 2.25. The number of nitriles is 1. The normalized spacial score (nSPS) is 10.4. The number of aryl methyl sites for hydroxylation is 3. The summed E-state index contributed by atoms with van der Waals surface area (Å²) in [6.45, 7) is 6.10. The van der Waals surface area contributed by atoms with E-state index in [1.165, 1.54) is 11.1 Å². The zero-order valence-corrected chi connectivity index (χ0v) is 12.2. The fourth-order valence-electron chi connectivity index (χ4n) is 1.84. The number of halogens is 1. The summed E-state index contributed by atoms with van der Waals surface area (Å²) < 4.78 is 2.71. The third-order valence-corrected chi connectivity index (χ3v) is 3.93.